The number of aliphatic hydroxyl groups excluding tert-OH is 1. The minimum absolute atomic E-state index is 0.134. The molecule has 1 aromatic rings. The molecule has 1 aliphatic heterocycles. The van der Waals surface area contributed by atoms with E-state index in [1.54, 1.807) is 7.05 Å². The van der Waals surface area contributed by atoms with Crippen molar-refractivity contribution in [3.05, 3.63) is 41.5 Å². The van der Waals surface area contributed by atoms with Gasteiger partial charge in [0, 0.05) is 31.9 Å². The van der Waals surface area contributed by atoms with Crippen LogP contribution >= 0.6 is 0 Å². The van der Waals surface area contributed by atoms with Gasteiger partial charge in [0.15, 0.2) is 0 Å². The van der Waals surface area contributed by atoms with Crippen LogP contribution in [0.15, 0.2) is 24.8 Å². The Morgan fingerprint density at radius 3 is 2.73 bits per heavy atom. The van der Waals surface area contributed by atoms with Crippen LogP contribution in [0.2, 0.25) is 0 Å². The molecule has 0 amide bonds. The fourth-order valence-corrected chi connectivity index (χ4v) is 5.11. The first kappa shape index (κ1) is 22.8. The van der Waals surface area contributed by atoms with Gasteiger partial charge in [-0.15, -0.1) is 0 Å². The van der Waals surface area contributed by atoms with Crippen LogP contribution in [-0.4, -0.2) is 51.6 Å². The highest BCUT2D eigenvalue weighted by atomic mass is 32.2. The van der Waals surface area contributed by atoms with E-state index in [-0.39, 0.29) is 5.75 Å². The number of benzene rings is 1. The summed E-state index contributed by atoms with van der Waals surface area (Å²) in [5, 5.41) is 16.8. The maximum absolute atomic E-state index is 12.8. The van der Waals surface area contributed by atoms with E-state index in [1.807, 2.05) is 13.0 Å². The third-order valence-electron chi connectivity index (χ3n) is 5.98. The zero-order valence-electron chi connectivity index (χ0n) is 18.4. The Balaban J connectivity index is 1.88. The van der Waals surface area contributed by atoms with Crippen molar-refractivity contribution in [3.63, 3.8) is 0 Å². The number of sulfonamides is 1. The van der Waals surface area contributed by atoms with Gasteiger partial charge in [-0.25, -0.2) is 8.42 Å². The molecule has 1 atom stereocenters. The monoisotopic (exact) mass is 433 g/mol. The average Bonchev–Trinajstić information content (AvgIpc) is 3.54. The van der Waals surface area contributed by atoms with Crippen molar-refractivity contribution in [1.29, 1.82) is 0 Å². The SMILES string of the molecule is C=C(NC[C@H](O)CNC1CC1)c1cc2c(C)c(c1)N(C)S(=O)(=O)CCC/C=C\2CC. The van der Waals surface area contributed by atoms with E-state index in [1.165, 1.54) is 22.7 Å². The maximum Gasteiger partial charge on any atom is 0.234 e. The molecule has 3 N–H and O–H groups in total. The summed E-state index contributed by atoms with van der Waals surface area (Å²) < 4.78 is 27.0. The molecule has 2 aliphatic rings. The molecule has 1 saturated carbocycles. The number of hydrogen-bond donors (Lipinski definition) is 3. The van der Waals surface area contributed by atoms with Crippen LogP contribution in [0, 0.1) is 6.92 Å². The van der Waals surface area contributed by atoms with Gasteiger partial charge in [-0.2, -0.15) is 0 Å². The van der Waals surface area contributed by atoms with Gasteiger partial charge in [-0.1, -0.05) is 19.6 Å². The number of allylic oxidation sites excluding steroid dienone is 2. The smallest absolute Gasteiger partial charge is 0.234 e. The first-order chi connectivity index (χ1) is 14.2. The Morgan fingerprint density at radius 1 is 1.33 bits per heavy atom. The zero-order valence-corrected chi connectivity index (χ0v) is 19.2. The lowest BCUT2D eigenvalue weighted by atomic mass is 9.93. The van der Waals surface area contributed by atoms with Crippen LogP contribution in [0.4, 0.5) is 5.69 Å². The molecule has 6 nitrogen and oxygen atoms in total. The topological polar surface area (TPSA) is 81.7 Å². The van der Waals surface area contributed by atoms with E-state index < -0.39 is 16.1 Å². The van der Waals surface area contributed by atoms with Crippen LogP contribution < -0.4 is 14.9 Å². The van der Waals surface area contributed by atoms with Gasteiger partial charge in [-0.3, -0.25) is 4.31 Å². The molecule has 166 valence electrons. The summed E-state index contributed by atoms with van der Waals surface area (Å²) in [5.41, 5.74) is 5.46. The van der Waals surface area contributed by atoms with Crippen molar-refractivity contribution < 1.29 is 13.5 Å². The second-order valence-electron chi connectivity index (χ2n) is 8.37. The van der Waals surface area contributed by atoms with Gasteiger partial charge >= 0.3 is 0 Å². The van der Waals surface area contributed by atoms with Crippen molar-refractivity contribution in [3.8, 4) is 0 Å². The number of nitrogens with zero attached hydrogens (tertiary/aromatic N) is 1. The van der Waals surface area contributed by atoms with Crippen LogP contribution in [0.3, 0.4) is 0 Å². The van der Waals surface area contributed by atoms with Crippen LogP contribution in [0.25, 0.3) is 11.3 Å². The number of nitrogens with one attached hydrogen (secondary N) is 2. The Morgan fingerprint density at radius 2 is 2.07 bits per heavy atom. The highest BCUT2D eigenvalue weighted by molar-refractivity contribution is 7.92. The van der Waals surface area contributed by atoms with E-state index in [2.05, 4.69) is 36.3 Å². The molecule has 1 fully saturated rings. The summed E-state index contributed by atoms with van der Waals surface area (Å²) in [6, 6.07) is 4.52. The lowest BCUT2D eigenvalue weighted by Crippen LogP contribution is -2.35. The minimum atomic E-state index is -3.38. The van der Waals surface area contributed by atoms with E-state index in [0.29, 0.717) is 36.9 Å². The van der Waals surface area contributed by atoms with Crippen molar-refractivity contribution in [2.24, 2.45) is 0 Å². The molecule has 1 heterocycles. The van der Waals surface area contributed by atoms with E-state index in [0.717, 1.165) is 29.5 Å². The van der Waals surface area contributed by atoms with Crippen molar-refractivity contribution in [2.45, 2.75) is 58.1 Å². The third kappa shape index (κ3) is 5.45. The molecule has 0 unspecified atom stereocenters. The molecule has 30 heavy (non-hydrogen) atoms. The van der Waals surface area contributed by atoms with Crippen molar-refractivity contribution in [1.82, 2.24) is 10.6 Å². The molecule has 0 radical (unpaired) electrons. The molecule has 0 aromatic heterocycles. The summed E-state index contributed by atoms with van der Waals surface area (Å²) in [5.74, 6) is 0.134. The maximum atomic E-state index is 12.8. The highest BCUT2D eigenvalue weighted by Gasteiger charge is 2.24. The number of anilines is 1. The van der Waals surface area contributed by atoms with Gasteiger partial charge in [0.1, 0.15) is 0 Å². The fourth-order valence-electron chi connectivity index (χ4n) is 3.81. The average molecular weight is 434 g/mol. The van der Waals surface area contributed by atoms with Gasteiger partial charge in [0.2, 0.25) is 10.0 Å². The first-order valence-electron chi connectivity index (χ1n) is 10.9. The Labute approximate surface area is 181 Å². The Bertz CT molecular complexity index is 920. The van der Waals surface area contributed by atoms with Gasteiger partial charge in [-0.05, 0) is 73.4 Å². The van der Waals surface area contributed by atoms with Crippen LogP contribution in [0.1, 0.15) is 55.7 Å². The summed E-state index contributed by atoms with van der Waals surface area (Å²) in [6.45, 7) is 9.20. The van der Waals surface area contributed by atoms with Crippen molar-refractivity contribution in [2.75, 3.05) is 30.2 Å². The standard InChI is InChI=1S/C23H35N3O3S/c1-5-18-8-6-7-11-30(28,29)26(4)23-13-19(12-22(18)16(23)2)17(3)24-14-21(27)15-25-20-9-10-20/h8,12-13,20-21,24-25,27H,3,5-7,9-11,14-15H2,1-2,4H3/b18-8-/t21-/m0/s1. The zero-order chi connectivity index (χ0) is 21.9. The molecular formula is C23H35N3O3S. The minimum Gasteiger partial charge on any atom is -0.390 e. The molecule has 1 aromatic carbocycles. The normalized spacial score (nSPS) is 21.5. The summed E-state index contributed by atoms with van der Waals surface area (Å²) in [6.07, 6.45) is 6.27. The molecule has 2 bridgehead atoms. The number of fused-ring (bicyclic) bond motifs is 2. The summed E-state index contributed by atoms with van der Waals surface area (Å²) >= 11 is 0. The lowest BCUT2D eigenvalue weighted by molar-refractivity contribution is 0.173. The highest BCUT2D eigenvalue weighted by Crippen LogP contribution is 2.35. The summed E-state index contributed by atoms with van der Waals surface area (Å²) in [4.78, 5) is 0. The number of rotatable bonds is 8. The largest absolute Gasteiger partial charge is 0.390 e. The second kappa shape index (κ2) is 9.54. The lowest BCUT2D eigenvalue weighted by Gasteiger charge is -2.26. The molecular weight excluding hydrogens is 398 g/mol. The predicted molar refractivity (Wildman–Crippen MR) is 125 cm³/mol. The third-order valence-corrected chi connectivity index (χ3v) is 7.82. The molecule has 7 heteroatoms. The Kier molecular flexibility index (Phi) is 7.26. The summed E-state index contributed by atoms with van der Waals surface area (Å²) in [7, 11) is -1.75. The van der Waals surface area contributed by atoms with E-state index in [4.69, 9.17) is 0 Å². The Hall–Kier alpha value is -1.83. The van der Waals surface area contributed by atoms with Crippen molar-refractivity contribution >= 4 is 27.0 Å². The fraction of sp³-hybridized carbons (Fsp3) is 0.565. The van der Waals surface area contributed by atoms with Gasteiger partial charge in [0.25, 0.3) is 0 Å². The van der Waals surface area contributed by atoms with Crippen LogP contribution in [-0.2, 0) is 10.0 Å². The van der Waals surface area contributed by atoms with Gasteiger partial charge < -0.3 is 15.7 Å². The second-order valence-corrected chi connectivity index (χ2v) is 10.5. The molecule has 3 rings (SSSR count). The quantitative estimate of drug-likeness (QED) is 0.587. The number of aliphatic hydroxyl groups is 1. The molecule has 0 saturated heterocycles. The van der Waals surface area contributed by atoms with Crippen LogP contribution in [0.5, 0.6) is 0 Å². The molecule has 0 spiro atoms. The first-order valence-corrected chi connectivity index (χ1v) is 12.5. The van der Waals surface area contributed by atoms with E-state index in [9.17, 15) is 13.5 Å². The molecule has 1 aliphatic carbocycles. The van der Waals surface area contributed by atoms with Gasteiger partial charge in [0.05, 0.1) is 17.5 Å². The van der Waals surface area contributed by atoms with E-state index >= 15 is 0 Å². The number of hydrogen-bond acceptors (Lipinski definition) is 5. The predicted octanol–water partition coefficient (Wildman–Crippen LogP) is 3.02.